The van der Waals surface area contributed by atoms with Crippen molar-refractivity contribution in [3.8, 4) is 0 Å². The molecule has 1 saturated heterocycles. The number of nitrogens with one attached hydrogen (secondary N) is 1. The molecule has 0 aromatic carbocycles. The van der Waals surface area contributed by atoms with Crippen LogP contribution in [0.1, 0.15) is 46.5 Å². The molecule has 4 heteroatoms. The van der Waals surface area contributed by atoms with Crippen molar-refractivity contribution in [2.24, 2.45) is 0 Å². The summed E-state index contributed by atoms with van der Waals surface area (Å²) in [6.45, 7) is 7.73. The summed E-state index contributed by atoms with van der Waals surface area (Å²) in [5.41, 5.74) is -0.115. The number of hydrogen-bond acceptors (Lipinski definition) is 4. The lowest BCUT2D eigenvalue weighted by Gasteiger charge is -2.32. The molecule has 0 spiro atoms. The molecular formula is C14H27NO2S. The number of thioether (sulfide) groups is 1. The van der Waals surface area contributed by atoms with E-state index in [1.165, 1.54) is 19.3 Å². The summed E-state index contributed by atoms with van der Waals surface area (Å²) in [4.78, 5) is 0. The Bertz CT molecular complexity index is 273. The Kier molecular flexibility index (Phi) is 4.98. The minimum Gasteiger partial charge on any atom is -0.394 e. The molecule has 3 nitrogen and oxygen atoms in total. The van der Waals surface area contributed by atoms with Crippen molar-refractivity contribution in [2.45, 2.75) is 74.6 Å². The molecular weight excluding hydrogens is 246 g/mol. The second-order valence-electron chi connectivity index (χ2n) is 6.19. The molecule has 0 radical (unpaired) electrons. The van der Waals surface area contributed by atoms with Crippen molar-refractivity contribution in [1.29, 1.82) is 0 Å². The Labute approximate surface area is 115 Å². The molecule has 1 aliphatic carbocycles. The second-order valence-corrected chi connectivity index (χ2v) is 7.87. The van der Waals surface area contributed by atoms with E-state index in [0.717, 1.165) is 13.0 Å². The molecule has 106 valence electrons. The van der Waals surface area contributed by atoms with Gasteiger partial charge in [0.1, 0.15) is 0 Å². The number of ether oxygens (including phenoxy) is 1. The zero-order chi connectivity index (χ0) is 13.2. The van der Waals surface area contributed by atoms with Gasteiger partial charge in [-0.3, -0.25) is 0 Å². The molecule has 4 unspecified atom stereocenters. The van der Waals surface area contributed by atoms with Gasteiger partial charge in [-0.25, -0.2) is 0 Å². The van der Waals surface area contributed by atoms with Crippen LogP contribution < -0.4 is 5.32 Å². The first-order valence-corrected chi connectivity index (χ1v) is 8.12. The molecule has 1 saturated carbocycles. The summed E-state index contributed by atoms with van der Waals surface area (Å²) in [7, 11) is 0. The molecule has 2 fully saturated rings. The third-order valence-electron chi connectivity index (χ3n) is 3.93. The molecule has 2 rings (SSSR count). The molecule has 2 aliphatic rings. The molecule has 0 bridgehead atoms. The number of hydrogen-bond donors (Lipinski definition) is 2. The maximum atomic E-state index is 9.63. The van der Waals surface area contributed by atoms with E-state index in [1.807, 2.05) is 11.8 Å². The van der Waals surface area contributed by atoms with Gasteiger partial charge in [-0.15, -0.1) is 0 Å². The van der Waals surface area contributed by atoms with Crippen LogP contribution in [0.3, 0.4) is 0 Å². The molecule has 1 aliphatic heterocycles. The van der Waals surface area contributed by atoms with E-state index < -0.39 is 0 Å². The normalized spacial score (nSPS) is 33.3. The third-order valence-corrected chi connectivity index (χ3v) is 5.53. The van der Waals surface area contributed by atoms with E-state index in [2.05, 4.69) is 26.1 Å². The van der Waals surface area contributed by atoms with Crippen LogP contribution >= 0.6 is 11.8 Å². The maximum absolute atomic E-state index is 9.63. The van der Waals surface area contributed by atoms with Crippen molar-refractivity contribution in [1.82, 2.24) is 5.32 Å². The van der Waals surface area contributed by atoms with Gasteiger partial charge in [0.15, 0.2) is 0 Å². The Balaban J connectivity index is 1.78. The lowest BCUT2D eigenvalue weighted by molar-refractivity contribution is 0.127. The van der Waals surface area contributed by atoms with E-state index in [4.69, 9.17) is 4.74 Å². The Morgan fingerprint density at radius 3 is 2.67 bits per heavy atom. The molecule has 0 aromatic rings. The summed E-state index contributed by atoms with van der Waals surface area (Å²) in [5, 5.41) is 14.4. The summed E-state index contributed by atoms with van der Waals surface area (Å²) < 4.78 is 5.61. The summed E-state index contributed by atoms with van der Waals surface area (Å²) in [5.74, 6) is 0. The minimum absolute atomic E-state index is 0.115. The van der Waals surface area contributed by atoms with Crippen LogP contribution in [0.2, 0.25) is 0 Å². The third kappa shape index (κ3) is 4.12. The largest absolute Gasteiger partial charge is 0.394 e. The topological polar surface area (TPSA) is 41.5 Å². The number of aliphatic hydroxyl groups is 1. The quantitative estimate of drug-likeness (QED) is 0.746. The first kappa shape index (κ1) is 14.6. The maximum Gasteiger partial charge on any atom is 0.0666 e. The number of aliphatic hydroxyl groups excluding tert-OH is 1. The van der Waals surface area contributed by atoms with Gasteiger partial charge in [-0.05, 0) is 39.5 Å². The Morgan fingerprint density at radius 2 is 2.17 bits per heavy atom. The molecule has 2 N–H and O–H groups in total. The monoisotopic (exact) mass is 273 g/mol. The first-order valence-electron chi connectivity index (χ1n) is 7.18. The smallest absolute Gasteiger partial charge is 0.0666 e. The van der Waals surface area contributed by atoms with Gasteiger partial charge in [0.05, 0.1) is 12.7 Å². The fourth-order valence-electron chi connectivity index (χ4n) is 2.76. The van der Waals surface area contributed by atoms with E-state index in [1.54, 1.807) is 0 Å². The highest BCUT2D eigenvalue weighted by Gasteiger charge is 2.34. The van der Waals surface area contributed by atoms with Crippen molar-refractivity contribution >= 4 is 11.8 Å². The van der Waals surface area contributed by atoms with Crippen LogP contribution in [-0.2, 0) is 4.74 Å². The van der Waals surface area contributed by atoms with Crippen molar-refractivity contribution in [3.05, 3.63) is 0 Å². The van der Waals surface area contributed by atoms with Gasteiger partial charge in [0.2, 0.25) is 0 Å². The fourth-order valence-corrected chi connectivity index (χ4v) is 4.35. The van der Waals surface area contributed by atoms with Crippen molar-refractivity contribution < 1.29 is 9.84 Å². The van der Waals surface area contributed by atoms with Gasteiger partial charge < -0.3 is 15.2 Å². The average molecular weight is 273 g/mol. The fraction of sp³-hybridized carbons (Fsp3) is 1.00. The predicted octanol–water partition coefficient (Wildman–Crippen LogP) is 2.18. The molecule has 4 atom stereocenters. The van der Waals surface area contributed by atoms with Gasteiger partial charge in [0.25, 0.3) is 0 Å². The standard InChI is InChI=1S/C14H27NO2S/c1-10(18-13-6-7-17-11(13)2)8-14(3,9-16)15-12-4-5-12/h10-13,15-16H,4-9H2,1-3H3. The number of rotatable bonds is 7. The van der Waals surface area contributed by atoms with Gasteiger partial charge >= 0.3 is 0 Å². The van der Waals surface area contributed by atoms with Crippen LogP contribution in [0.15, 0.2) is 0 Å². The van der Waals surface area contributed by atoms with Gasteiger partial charge in [-0.1, -0.05) is 6.92 Å². The Morgan fingerprint density at radius 1 is 1.44 bits per heavy atom. The summed E-state index contributed by atoms with van der Waals surface area (Å²) >= 11 is 2.03. The van der Waals surface area contributed by atoms with E-state index in [9.17, 15) is 5.11 Å². The zero-order valence-electron chi connectivity index (χ0n) is 11.8. The molecule has 0 aromatic heterocycles. The van der Waals surface area contributed by atoms with Crippen LogP contribution in [0, 0.1) is 0 Å². The zero-order valence-corrected chi connectivity index (χ0v) is 12.6. The minimum atomic E-state index is -0.115. The predicted molar refractivity (Wildman–Crippen MR) is 77.1 cm³/mol. The second kappa shape index (κ2) is 6.12. The Hall–Kier alpha value is 0.230. The molecule has 1 heterocycles. The highest BCUT2D eigenvalue weighted by Crippen LogP contribution is 2.33. The first-order chi connectivity index (χ1) is 8.52. The van der Waals surface area contributed by atoms with Crippen LogP contribution in [0.4, 0.5) is 0 Å². The van der Waals surface area contributed by atoms with Crippen LogP contribution in [-0.4, -0.2) is 46.5 Å². The highest BCUT2D eigenvalue weighted by atomic mass is 32.2. The lowest BCUT2D eigenvalue weighted by atomic mass is 9.97. The van der Waals surface area contributed by atoms with Crippen LogP contribution in [0.5, 0.6) is 0 Å². The highest BCUT2D eigenvalue weighted by molar-refractivity contribution is 8.00. The van der Waals surface area contributed by atoms with E-state index in [0.29, 0.717) is 22.6 Å². The van der Waals surface area contributed by atoms with Crippen molar-refractivity contribution in [3.63, 3.8) is 0 Å². The average Bonchev–Trinajstić information content (AvgIpc) is 3.02. The lowest BCUT2D eigenvalue weighted by Crippen LogP contribution is -2.48. The van der Waals surface area contributed by atoms with Gasteiger partial charge in [0, 0.05) is 28.7 Å². The van der Waals surface area contributed by atoms with E-state index in [-0.39, 0.29) is 12.1 Å². The van der Waals surface area contributed by atoms with Crippen LogP contribution in [0.25, 0.3) is 0 Å². The van der Waals surface area contributed by atoms with Gasteiger partial charge in [-0.2, -0.15) is 11.8 Å². The molecule has 0 amide bonds. The summed E-state index contributed by atoms with van der Waals surface area (Å²) in [6.07, 6.45) is 5.11. The SMILES string of the molecule is CC(CC(C)(CO)NC1CC1)SC1CCOC1C. The van der Waals surface area contributed by atoms with Crippen molar-refractivity contribution in [2.75, 3.05) is 13.2 Å². The molecule has 18 heavy (non-hydrogen) atoms. The van der Waals surface area contributed by atoms with E-state index >= 15 is 0 Å². The summed E-state index contributed by atoms with van der Waals surface area (Å²) in [6, 6.07) is 0.646.